The summed E-state index contributed by atoms with van der Waals surface area (Å²) in [6, 6.07) is 27.0. The van der Waals surface area contributed by atoms with Crippen LogP contribution in [0, 0.1) is 0 Å². The number of ether oxygens (including phenoxy) is 1. The van der Waals surface area contributed by atoms with Gasteiger partial charge in [0, 0.05) is 29.7 Å². The fraction of sp³-hybridized carbons (Fsp3) is 0.0400. The molecule has 148 valence electrons. The van der Waals surface area contributed by atoms with Crippen molar-refractivity contribution in [1.29, 1.82) is 0 Å². The lowest BCUT2D eigenvalue weighted by Gasteiger charge is -2.03. The quantitative estimate of drug-likeness (QED) is 0.338. The first-order chi connectivity index (χ1) is 14.7. The molecule has 0 unspecified atom stereocenters. The maximum Gasteiger partial charge on any atom is 0.191 e. The number of nitrogens with zero attached hydrogens (tertiary/aromatic N) is 2. The van der Waals surface area contributed by atoms with E-state index in [0.29, 0.717) is 11.3 Å². The SMILES string of the molecule is COc1ccc(N/C=C\C(=O)c2cn(-c3ccccc3)nc2-c2ccccc2)cc1. The van der Waals surface area contributed by atoms with E-state index in [4.69, 9.17) is 4.74 Å². The lowest BCUT2D eigenvalue weighted by Crippen LogP contribution is -1.97. The molecule has 0 bridgehead atoms. The van der Waals surface area contributed by atoms with Crippen molar-refractivity contribution in [1.82, 2.24) is 9.78 Å². The number of carbonyl (C=O) groups excluding carboxylic acids is 1. The van der Waals surface area contributed by atoms with E-state index in [-0.39, 0.29) is 5.78 Å². The molecule has 0 saturated carbocycles. The van der Waals surface area contributed by atoms with Gasteiger partial charge in [0.1, 0.15) is 11.4 Å². The first kappa shape index (κ1) is 19.2. The standard InChI is InChI=1S/C25H21N3O2/c1-30-22-14-12-20(13-15-22)26-17-16-24(29)23-18-28(21-10-6-3-7-11-21)27-25(23)19-8-4-2-5-9-19/h2-18,26H,1H3/b17-16-. The summed E-state index contributed by atoms with van der Waals surface area (Å²) in [7, 11) is 1.63. The Bertz CT molecular complexity index is 1150. The summed E-state index contributed by atoms with van der Waals surface area (Å²) in [5.74, 6) is 0.651. The molecule has 0 aliphatic heterocycles. The van der Waals surface area contributed by atoms with E-state index in [9.17, 15) is 4.79 Å². The molecule has 0 aliphatic rings. The molecular formula is C25H21N3O2. The molecule has 0 atom stereocenters. The predicted octanol–water partition coefficient (Wildman–Crippen LogP) is 5.36. The van der Waals surface area contributed by atoms with Crippen LogP contribution < -0.4 is 10.1 Å². The summed E-state index contributed by atoms with van der Waals surface area (Å²) in [5, 5.41) is 7.79. The molecule has 0 fully saturated rings. The number of ketones is 1. The average molecular weight is 395 g/mol. The number of anilines is 1. The van der Waals surface area contributed by atoms with Crippen molar-refractivity contribution in [2.75, 3.05) is 12.4 Å². The van der Waals surface area contributed by atoms with E-state index in [1.165, 1.54) is 6.08 Å². The van der Waals surface area contributed by atoms with Crippen LogP contribution in [0.15, 0.2) is 103 Å². The number of hydrogen-bond donors (Lipinski definition) is 1. The number of para-hydroxylation sites is 1. The van der Waals surface area contributed by atoms with Crippen molar-refractivity contribution in [2.45, 2.75) is 0 Å². The van der Waals surface area contributed by atoms with E-state index in [2.05, 4.69) is 10.4 Å². The Morgan fingerprint density at radius 2 is 1.60 bits per heavy atom. The average Bonchev–Trinajstić information content (AvgIpc) is 3.26. The Balaban J connectivity index is 1.61. The summed E-state index contributed by atoms with van der Waals surface area (Å²) in [6.45, 7) is 0. The third-order valence-electron chi connectivity index (χ3n) is 4.62. The molecule has 0 radical (unpaired) electrons. The molecule has 0 saturated heterocycles. The smallest absolute Gasteiger partial charge is 0.191 e. The number of allylic oxidation sites excluding steroid dienone is 1. The van der Waals surface area contributed by atoms with Gasteiger partial charge in [-0.05, 0) is 36.4 Å². The molecule has 5 heteroatoms. The zero-order valence-corrected chi connectivity index (χ0v) is 16.5. The second-order valence-corrected chi connectivity index (χ2v) is 6.61. The number of benzene rings is 3. The van der Waals surface area contributed by atoms with E-state index in [1.54, 1.807) is 24.2 Å². The first-order valence-electron chi connectivity index (χ1n) is 9.56. The van der Waals surface area contributed by atoms with Crippen molar-refractivity contribution in [3.05, 3.63) is 109 Å². The molecule has 4 rings (SSSR count). The molecule has 3 aromatic carbocycles. The van der Waals surface area contributed by atoms with Crippen LogP contribution in [0.25, 0.3) is 16.9 Å². The molecule has 1 heterocycles. The van der Waals surface area contributed by atoms with Crippen LogP contribution in [-0.2, 0) is 0 Å². The highest BCUT2D eigenvalue weighted by atomic mass is 16.5. The highest BCUT2D eigenvalue weighted by Gasteiger charge is 2.16. The summed E-state index contributed by atoms with van der Waals surface area (Å²) in [5.41, 5.74) is 3.85. The molecule has 1 aromatic heterocycles. The van der Waals surface area contributed by atoms with Gasteiger partial charge >= 0.3 is 0 Å². The van der Waals surface area contributed by atoms with Gasteiger partial charge in [-0.3, -0.25) is 4.79 Å². The lowest BCUT2D eigenvalue weighted by molar-refractivity contribution is 0.104. The molecule has 0 spiro atoms. The number of hydrogen-bond acceptors (Lipinski definition) is 4. The monoisotopic (exact) mass is 395 g/mol. The van der Waals surface area contributed by atoms with Crippen molar-refractivity contribution in [2.24, 2.45) is 0 Å². The minimum absolute atomic E-state index is 0.128. The zero-order chi connectivity index (χ0) is 20.8. The second-order valence-electron chi connectivity index (χ2n) is 6.61. The Labute approximate surface area is 175 Å². The van der Waals surface area contributed by atoms with E-state index in [0.717, 1.165) is 22.7 Å². The molecule has 5 nitrogen and oxygen atoms in total. The van der Waals surface area contributed by atoms with Gasteiger partial charge < -0.3 is 10.1 Å². The van der Waals surface area contributed by atoms with Gasteiger partial charge in [0.15, 0.2) is 5.78 Å². The Morgan fingerprint density at radius 1 is 0.933 bits per heavy atom. The third kappa shape index (κ3) is 4.31. The molecular weight excluding hydrogens is 374 g/mol. The Kier molecular flexibility index (Phi) is 5.71. The highest BCUT2D eigenvalue weighted by Crippen LogP contribution is 2.24. The van der Waals surface area contributed by atoms with Crippen LogP contribution in [-0.4, -0.2) is 22.7 Å². The van der Waals surface area contributed by atoms with Gasteiger partial charge in [0.2, 0.25) is 0 Å². The van der Waals surface area contributed by atoms with Gasteiger partial charge in [-0.1, -0.05) is 48.5 Å². The van der Waals surface area contributed by atoms with E-state index >= 15 is 0 Å². The van der Waals surface area contributed by atoms with Crippen molar-refractivity contribution < 1.29 is 9.53 Å². The normalized spacial score (nSPS) is 10.8. The van der Waals surface area contributed by atoms with Crippen molar-refractivity contribution >= 4 is 11.5 Å². The lowest BCUT2D eigenvalue weighted by atomic mass is 10.1. The molecule has 30 heavy (non-hydrogen) atoms. The minimum atomic E-state index is -0.128. The first-order valence-corrected chi connectivity index (χ1v) is 9.56. The van der Waals surface area contributed by atoms with Crippen LogP contribution in [0.1, 0.15) is 10.4 Å². The van der Waals surface area contributed by atoms with Crippen LogP contribution in [0.5, 0.6) is 5.75 Å². The molecule has 4 aromatic rings. The highest BCUT2D eigenvalue weighted by molar-refractivity contribution is 6.08. The molecule has 1 N–H and O–H groups in total. The van der Waals surface area contributed by atoms with Gasteiger partial charge in [-0.15, -0.1) is 0 Å². The maximum atomic E-state index is 13.0. The summed E-state index contributed by atoms with van der Waals surface area (Å²) in [6.07, 6.45) is 4.93. The second kappa shape index (κ2) is 8.92. The molecule has 0 aliphatic carbocycles. The van der Waals surface area contributed by atoms with E-state index in [1.807, 2.05) is 84.9 Å². The minimum Gasteiger partial charge on any atom is -0.497 e. The number of rotatable bonds is 7. The van der Waals surface area contributed by atoms with Gasteiger partial charge in [0.25, 0.3) is 0 Å². The number of nitrogens with one attached hydrogen (secondary N) is 1. The Morgan fingerprint density at radius 3 is 2.27 bits per heavy atom. The topological polar surface area (TPSA) is 56.1 Å². The van der Waals surface area contributed by atoms with Crippen molar-refractivity contribution in [3.63, 3.8) is 0 Å². The largest absolute Gasteiger partial charge is 0.497 e. The van der Waals surface area contributed by atoms with Gasteiger partial charge in [0.05, 0.1) is 18.4 Å². The van der Waals surface area contributed by atoms with Crippen molar-refractivity contribution in [3.8, 4) is 22.7 Å². The fourth-order valence-electron chi connectivity index (χ4n) is 3.07. The molecule has 0 amide bonds. The zero-order valence-electron chi connectivity index (χ0n) is 16.5. The summed E-state index contributed by atoms with van der Waals surface area (Å²) < 4.78 is 6.89. The van der Waals surface area contributed by atoms with Crippen LogP contribution in [0.3, 0.4) is 0 Å². The predicted molar refractivity (Wildman–Crippen MR) is 119 cm³/mol. The summed E-state index contributed by atoms with van der Waals surface area (Å²) >= 11 is 0. The fourth-order valence-corrected chi connectivity index (χ4v) is 3.07. The maximum absolute atomic E-state index is 13.0. The number of methoxy groups -OCH3 is 1. The van der Waals surface area contributed by atoms with Crippen LogP contribution in [0.2, 0.25) is 0 Å². The van der Waals surface area contributed by atoms with Crippen LogP contribution >= 0.6 is 0 Å². The van der Waals surface area contributed by atoms with Crippen LogP contribution in [0.4, 0.5) is 5.69 Å². The van der Waals surface area contributed by atoms with Gasteiger partial charge in [-0.2, -0.15) is 5.10 Å². The van der Waals surface area contributed by atoms with Gasteiger partial charge in [-0.25, -0.2) is 4.68 Å². The third-order valence-corrected chi connectivity index (χ3v) is 4.62. The number of aromatic nitrogens is 2. The summed E-state index contributed by atoms with van der Waals surface area (Å²) in [4.78, 5) is 13.0. The Hall–Kier alpha value is -4.12. The van der Waals surface area contributed by atoms with E-state index < -0.39 is 0 Å². The number of carbonyl (C=O) groups is 1.